The normalized spacial score (nSPS) is 14.4. The van der Waals surface area contributed by atoms with Gasteiger partial charge >= 0.3 is 12.3 Å². The van der Waals surface area contributed by atoms with Crippen LogP contribution >= 0.6 is 0 Å². The lowest BCUT2D eigenvalue weighted by Crippen LogP contribution is -2.32. The quantitative estimate of drug-likeness (QED) is 0.621. The van der Waals surface area contributed by atoms with E-state index in [0.717, 1.165) is 0 Å². The van der Waals surface area contributed by atoms with E-state index in [2.05, 4.69) is 4.74 Å². The molecule has 1 N–H and O–H groups in total. The molecule has 0 amide bonds. The van der Waals surface area contributed by atoms with Crippen molar-refractivity contribution in [2.45, 2.75) is 19.2 Å². The molecular formula is C4H5F3O3. The van der Waals surface area contributed by atoms with Gasteiger partial charge in [-0.15, -0.1) is 0 Å². The molecule has 10 heavy (non-hydrogen) atoms. The summed E-state index contributed by atoms with van der Waals surface area (Å²) < 4.78 is 38.2. The Balaban J connectivity index is 3.99. The zero-order valence-corrected chi connectivity index (χ0v) is 4.97. The molecule has 6 heteroatoms. The maximum absolute atomic E-state index is 11.8. The second kappa shape index (κ2) is 2.76. The number of carbonyl (C=O) groups is 1. The van der Waals surface area contributed by atoms with Gasteiger partial charge in [0, 0.05) is 0 Å². The molecule has 0 aliphatic rings. The van der Waals surface area contributed by atoms with Gasteiger partial charge in [0.1, 0.15) is 0 Å². The Labute approximate surface area is 54.4 Å². The topological polar surface area (TPSA) is 46.5 Å². The number of ether oxygens (including phenoxy) is 1. The summed E-state index contributed by atoms with van der Waals surface area (Å²) in [4.78, 5) is 9.45. The summed E-state index contributed by atoms with van der Waals surface area (Å²) in [5.41, 5.74) is 0. The summed E-state index contributed by atoms with van der Waals surface area (Å²) >= 11 is 0. The first-order valence-corrected chi connectivity index (χ1v) is 2.30. The summed E-state index contributed by atoms with van der Waals surface area (Å²) in [6.07, 6.45) is -9.08. The van der Waals surface area contributed by atoms with E-state index in [4.69, 9.17) is 5.11 Å². The smallest absolute Gasteiger partial charge is 0.450 e. The molecule has 0 saturated carbocycles. The highest BCUT2D eigenvalue weighted by Gasteiger charge is 2.41. The minimum Gasteiger partial charge on any atom is -0.450 e. The van der Waals surface area contributed by atoms with Gasteiger partial charge in [-0.2, -0.15) is 8.78 Å². The third-order valence-electron chi connectivity index (χ3n) is 0.686. The van der Waals surface area contributed by atoms with Crippen LogP contribution in [-0.4, -0.2) is 23.5 Å². The average molecular weight is 158 g/mol. The van der Waals surface area contributed by atoms with Crippen molar-refractivity contribution in [3.8, 4) is 0 Å². The van der Waals surface area contributed by atoms with E-state index in [1.54, 1.807) is 0 Å². The minimum atomic E-state index is -4.24. The van der Waals surface area contributed by atoms with Gasteiger partial charge in [0.25, 0.3) is 0 Å². The van der Waals surface area contributed by atoms with Crippen LogP contribution in [0, 0.1) is 0 Å². The molecule has 0 saturated heterocycles. The maximum atomic E-state index is 11.8. The molecule has 0 aliphatic heterocycles. The summed E-state index contributed by atoms with van der Waals surface area (Å²) in [6.45, 7) is 0.503. The van der Waals surface area contributed by atoms with E-state index in [9.17, 15) is 18.0 Å². The molecule has 0 fully saturated rings. The zero-order chi connectivity index (χ0) is 8.36. The van der Waals surface area contributed by atoms with E-state index in [1.807, 2.05) is 0 Å². The lowest BCUT2D eigenvalue weighted by molar-refractivity contribution is -0.241. The lowest BCUT2D eigenvalue weighted by Gasteiger charge is -2.14. The van der Waals surface area contributed by atoms with Crippen LogP contribution in [0.4, 0.5) is 18.0 Å². The Kier molecular flexibility index (Phi) is 2.50. The van der Waals surface area contributed by atoms with Crippen molar-refractivity contribution < 1.29 is 27.8 Å². The van der Waals surface area contributed by atoms with Crippen molar-refractivity contribution >= 4 is 6.16 Å². The molecule has 0 rings (SSSR count). The van der Waals surface area contributed by atoms with Gasteiger partial charge in [-0.1, -0.05) is 0 Å². The predicted molar refractivity (Wildman–Crippen MR) is 24.6 cm³/mol. The van der Waals surface area contributed by atoms with Crippen molar-refractivity contribution in [2.24, 2.45) is 0 Å². The van der Waals surface area contributed by atoms with Crippen LogP contribution in [0.5, 0.6) is 0 Å². The van der Waals surface area contributed by atoms with E-state index in [0.29, 0.717) is 6.92 Å². The summed E-state index contributed by atoms with van der Waals surface area (Å²) in [5.74, 6) is 0. The van der Waals surface area contributed by atoms with Crippen LogP contribution < -0.4 is 0 Å². The molecule has 0 heterocycles. The van der Waals surface area contributed by atoms with E-state index < -0.39 is 18.4 Å². The maximum Gasteiger partial charge on any atom is 0.510 e. The molecular weight excluding hydrogens is 153 g/mol. The van der Waals surface area contributed by atoms with E-state index in [1.165, 1.54) is 0 Å². The van der Waals surface area contributed by atoms with Gasteiger partial charge in [0.05, 0.1) is 0 Å². The van der Waals surface area contributed by atoms with Crippen molar-refractivity contribution in [2.75, 3.05) is 0 Å². The van der Waals surface area contributed by atoms with Gasteiger partial charge < -0.3 is 9.84 Å². The zero-order valence-electron chi connectivity index (χ0n) is 4.97. The Hall–Kier alpha value is -0.940. The molecule has 0 aromatic rings. The standard InChI is InChI=1S/C4H5F3O3/c1-2(5)4(6,7)10-3(8)9/h2H,1H3,(H,8,9). The van der Waals surface area contributed by atoms with Crippen molar-refractivity contribution in [1.82, 2.24) is 0 Å². The molecule has 0 aliphatic carbocycles. The molecule has 0 spiro atoms. The number of alkyl halides is 3. The van der Waals surface area contributed by atoms with Crippen LogP contribution in [0.25, 0.3) is 0 Å². The van der Waals surface area contributed by atoms with Gasteiger partial charge in [-0.05, 0) is 6.92 Å². The average Bonchev–Trinajstić information content (AvgIpc) is 1.60. The Morgan fingerprint density at radius 1 is 1.70 bits per heavy atom. The summed E-state index contributed by atoms with van der Waals surface area (Å²) in [7, 11) is 0. The highest BCUT2D eigenvalue weighted by Crippen LogP contribution is 2.22. The van der Waals surface area contributed by atoms with Crippen LogP contribution in [0.3, 0.4) is 0 Å². The Bertz CT molecular complexity index is 134. The fraction of sp³-hybridized carbons (Fsp3) is 0.750. The molecule has 0 bridgehead atoms. The fourth-order valence-corrected chi connectivity index (χ4v) is 0.198. The van der Waals surface area contributed by atoms with Crippen molar-refractivity contribution in [1.29, 1.82) is 0 Å². The SMILES string of the molecule is CC(F)C(F)(F)OC(=O)O. The van der Waals surface area contributed by atoms with Gasteiger partial charge in [-0.25, -0.2) is 9.18 Å². The third-order valence-corrected chi connectivity index (χ3v) is 0.686. The largest absolute Gasteiger partial charge is 0.510 e. The van der Waals surface area contributed by atoms with Crippen LogP contribution in [0.2, 0.25) is 0 Å². The van der Waals surface area contributed by atoms with Crippen molar-refractivity contribution in [3.63, 3.8) is 0 Å². The first-order chi connectivity index (χ1) is 4.36. The molecule has 3 nitrogen and oxygen atoms in total. The molecule has 0 radical (unpaired) electrons. The fourth-order valence-electron chi connectivity index (χ4n) is 0.198. The number of halogens is 3. The first-order valence-electron chi connectivity index (χ1n) is 2.30. The van der Waals surface area contributed by atoms with Gasteiger partial charge in [-0.3, -0.25) is 0 Å². The number of hydrogen-bond donors (Lipinski definition) is 1. The molecule has 1 atom stereocenters. The van der Waals surface area contributed by atoms with Crippen LogP contribution in [0.15, 0.2) is 0 Å². The first kappa shape index (κ1) is 9.06. The molecule has 1 unspecified atom stereocenters. The van der Waals surface area contributed by atoms with Gasteiger partial charge in [0.2, 0.25) is 6.17 Å². The minimum absolute atomic E-state index is 0.503. The van der Waals surface area contributed by atoms with Crippen LogP contribution in [-0.2, 0) is 4.74 Å². The number of hydrogen-bond acceptors (Lipinski definition) is 2. The highest BCUT2D eigenvalue weighted by atomic mass is 19.3. The second-order valence-corrected chi connectivity index (χ2v) is 1.55. The molecule has 0 aromatic heterocycles. The third kappa shape index (κ3) is 2.56. The molecule has 60 valence electrons. The van der Waals surface area contributed by atoms with Crippen molar-refractivity contribution in [3.05, 3.63) is 0 Å². The van der Waals surface area contributed by atoms with E-state index in [-0.39, 0.29) is 0 Å². The summed E-state index contributed by atoms with van der Waals surface area (Å²) in [5, 5.41) is 7.63. The highest BCUT2D eigenvalue weighted by molar-refractivity contribution is 5.57. The lowest BCUT2D eigenvalue weighted by atomic mass is 10.4. The Morgan fingerprint density at radius 3 is 2.20 bits per heavy atom. The monoisotopic (exact) mass is 158 g/mol. The Morgan fingerprint density at radius 2 is 2.10 bits per heavy atom. The predicted octanol–water partition coefficient (Wildman–Crippen LogP) is 1.63. The summed E-state index contributed by atoms with van der Waals surface area (Å²) in [6, 6.07) is 0. The van der Waals surface area contributed by atoms with Crippen LogP contribution in [0.1, 0.15) is 6.92 Å². The second-order valence-electron chi connectivity index (χ2n) is 1.55. The molecule has 0 aromatic carbocycles. The van der Waals surface area contributed by atoms with Gasteiger partial charge in [0.15, 0.2) is 0 Å². The number of carboxylic acid groups (broad SMARTS) is 1. The number of rotatable bonds is 2. The van der Waals surface area contributed by atoms with E-state index >= 15 is 0 Å².